The van der Waals surface area contributed by atoms with Crippen LogP contribution in [0.3, 0.4) is 0 Å². The summed E-state index contributed by atoms with van der Waals surface area (Å²) >= 11 is 6.61. The molecule has 216 valence electrons. The molecule has 1 aliphatic rings. The molecule has 3 unspecified atom stereocenters. The molecule has 0 aromatic heterocycles. The van der Waals surface area contributed by atoms with Crippen LogP contribution in [-0.4, -0.2) is 76.6 Å². The number of nitrogens with one attached hydrogen (secondary N) is 5. The van der Waals surface area contributed by atoms with Gasteiger partial charge in [0, 0.05) is 12.6 Å². The van der Waals surface area contributed by atoms with Gasteiger partial charge in [0.15, 0.2) is 9.84 Å². The van der Waals surface area contributed by atoms with Gasteiger partial charge in [-0.25, -0.2) is 8.42 Å². The zero-order valence-electron chi connectivity index (χ0n) is 23.3. The summed E-state index contributed by atoms with van der Waals surface area (Å²) in [6.07, 6.45) is 0.224. The molecule has 3 atom stereocenters. The minimum atomic E-state index is -3.52. The summed E-state index contributed by atoms with van der Waals surface area (Å²) in [4.78, 5) is 14.3. The molecule has 5 N–H and O–H groups in total. The normalized spacial score (nSPS) is 18.9. The Hall–Kier alpha value is -3.27. The van der Waals surface area contributed by atoms with Crippen molar-refractivity contribution >= 4 is 44.4 Å². The highest BCUT2D eigenvalue weighted by Gasteiger charge is 2.31. The van der Waals surface area contributed by atoms with Crippen LogP contribution < -0.4 is 31.3 Å². The number of hydrogen-bond donors (Lipinski definition) is 5. The number of anilines is 3. The van der Waals surface area contributed by atoms with Crippen LogP contribution in [0.1, 0.15) is 19.4 Å². The van der Waals surface area contributed by atoms with Crippen LogP contribution in [0.15, 0.2) is 53.9 Å². The first-order chi connectivity index (χ1) is 19.0. The molecule has 1 saturated heterocycles. The summed E-state index contributed by atoms with van der Waals surface area (Å²) in [7, 11) is 1.87. The number of rotatable bonds is 10. The number of halogens is 1. The lowest BCUT2D eigenvalue weighted by molar-refractivity contribution is -0.111. The minimum Gasteiger partial charge on any atom is -0.495 e. The number of amides is 1. The van der Waals surface area contributed by atoms with Crippen molar-refractivity contribution in [3.63, 3.8) is 0 Å². The second-order valence-corrected chi connectivity index (χ2v) is 12.7. The van der Waals surface area contributed by atoms with Crippen molar-refractivity contribution in [2.75, 3.05) is 50.2 Å². The molecule has 10 nitrogen and oxygen atoms in total. The van der Waals surface area contributed by atoms with Crippen molar-refractivity contribution in [3.8, 4) is 17.6 Å². The van der Waals surface area contributed by atoms with Gasteiger partial charge in [0.2, 0.25) is 5.91 Å². The molecule has 40 heavy (non-hydrogen) atoms. The zero-order valence-corrected chi connectivity index (χ0v) is 24.9. The highest BCUT2D eigenvalue weighted by Crippen LogP contribution is 2.32. The molecule has 1 amide bonds. The van der Waals surface area contributed by atoms with Crippen molar-refractivity contribution in [2.24, 2.45) is 0 Å². The number of hydrogen-bond acceptors (Lipinski definition) is 9. The lowest BCUT2D eigenvalue weighted by atomic mass is 10.1. The fraction of sp³-hybridized carbons (Fsp3) is 0.393. The summed E-state index contributed by atoms with van der Waals surface area (Å²) in [6.45, 7) is 7.79. The molecule has 1 heterocycles. The Morgan fingerprint density at radius 2 is 1.95 bits per heavy atom. The van der Waals surface area contributed by atoms with Crippen LogP contribution in [-0.2, 0) is 14.6 Å². The van der Waals surface area contributed by atoms with E-state index in [-0.39, 0.29) is 10.8 Å². The molecule has 1 fully saturated rings. The lowest BCUT2D eigenvalue weighted by Crippen LogP contribution is -2.64. The molecule has 0 saturated carbocycles. The van der Waals surface area contributed by atoms with Crippen molar-refractivity contribution < 1.29 is 17.9 Å². The number of sulfone groups is 1. The molecule has 2 aromatic carbocycles. The van der Waals surface area contributed by atoms with E-state index >= 15 is 0 Å². The fourth-order valence-electron chi connectivity index (χ4n) is 3.87. The number of ether oxygens (including phenoxy) is 1. The monoisotopic (exact) mass is 588 g/mol. The second-order valence-electron chi connectivity index (χ2n) is 9.71. The molecule has 0 aliphatic carbocycles. The van der Waals surface area contributed by atoms with E-state index < -0.39 is 32.9 Å². The van der Waals surface area contributed by atoms with E-state index in [0.29, 0.717) is 41.5 Å². The van der Waals surface area contributed by atoms with Gasteiger partial charge >= 0.3 is 0 Å². The molecule has 12 heteroatoms. The standard InChI is InChI=1S/C28H37ClN6O4S/c1-7-26(36)31-22-16-23(24(39-6)15-19(22)11-10-14-35(4)5)33-28-30-17-20(29)27(34-28)32-21-12-8-9-13-25(21)40(37,38)18(2)3/h7-9,12-13,15-16,18,20,27-28,30,32-34H,1,14,17H2,2-6H3,(H,31,36). The van der Waals surface area contributed by atoms with Crippen molar-refractivity contribution in [1.29, 1.82) is 0 Å². The predicted octanol–water partition coefficient (Wildman–Crippen LogP) is 2.85. The molecular formula is C28H37ClN6O4S. The lowest BCUT2D eigenvalue weighted by Gasteiger charge is -2.37. The third-order valence-corrected chi connectivity index (χ3v) is 8.67. The van der Waals surface area contributed by atoms with Crippen LogP contribution in [0.5, 0.6) is 5.75 Å². The van der Waals surface area contributed by atoms with Gasteiger partial charge < -0.3 is 20.7 Å². The molecule has 1 aliphatic heterocycles. The Morgan fingerprint density at radius 3 is 2.60 bits per heavy atom. The van der Waals surface area contributed by atoms with E-state index in [1.807, 2.05) is 19.0 Å². The Kier molecular flexibility index (Phi) is 10.8. The average Bonchev–Trinajstić information content (AvgIpc) is 2.91. The van der Waals surface area contributed by atoms with Gasteiger partial charge in [0.25, 0.3) is 0 Å². The third-order valence-electron chi connectivity index (χ3n) is 6.05. The van der Waals surface area contributed by atoms with Crippen molar-refractivity contribution in [2.45, 2.75) is 41.8 Å². The van der Waals surface area contributed by atoms with Gasteiger partial charge in [-0.15, -0.1) is 11.6 Å². The van der Waals surface area contributed by atoms with Crippen LogP contribution in [0, 0.1) is 11.8 Å². The maximum atomic E-state index is 12.9. The largest absolute Gasteiger partial charge is 0.495 e. The first kappa shape index (κ1) is 31.3. The number of carbonyl (C=O) groups is 1. The molecule has 3 rings (SSSR count). The number of benzene rings is 2. The molecule has 0 spiro atoms. The average molecular weight is 589 g/mol. The SMILES string of the molecule is C=CC(=O)Nc1cc(NC2NCC(Cl)C(Nc3ccccc3S(=O)(=O)C(C)C)N2)c(OC)cc1C#CCN(C)C. The summed E-state index contributed by atoms with van der Waals surface area (Å²) < 4.78 is 31.5. The van der Waals surface area contributed by atoms with Crippen LogP contribution >= 0.6 is 11.6 Å². The van der Waals surface area contributed by atoms with Gasteiger partial charge in [-0.1, -0.05) is 30.6 Å². The van der Waals surface area contributed by atoms with Crippen LogP contribution in [0.4, 0.5) is 17.1 Å². The highest BCUT2D eigenvalue weighted by atomic mass is 35.5. The van der Waals surface area contributed by atoms with E-state index in [9.17, 15) is 13.2 Å². The summed E-state index contributed by atoms with van der Waals surface area (Å²) in [5.41, 5.74) is 2.13. The van der Waals surface area contributed by atoms with Crippen LogP contribution in [0.2, 0.25) is 0 Å². The van der Waals surface area contributed by atoms with E-state index in [0.717, 1.165) is 0 Å². The smallest absolute Gasteiger partial charge is 0.247 e. The Balaban J connectivity index is 1.87. The molecule has 2 aromatic rings. The zero-order chi connectivity index (χ0) is 29.4. The number of alkyl halides is 1. The van der Waals surface area contributed by atoms with Gasteiger partial charge in [-0.05, 0) is 52.2 Å². The summed E-state index contributed by atoms with van der Waals surface area (Å²) in [6, 6.07) is 10.3. The number of para-hydroxylation sites is 1. The Bertz CT molecular complexity index is 1390. The Labute approximate surface area is 241 Å². The van der Waals surface area contributed by atoms with E-state index in [2.05, 4.69) is 45.0 Å². The maximum absolute atomic E-state index is 12.9. The molecule has 0 bridgehead atoms. The van der Waals surface area contributed by atoms with E-state index in [1.165, 1.54) is 6.08 Å². The van der Waals surface area contributed by atoms with Crippen molar-refractivity contribution in [3.05, 3.63) is 54.6 Å². The topological polar surface area (TPSA) is 124 Å². The molecule has 0 radical (unpaired) electrons. The van der Waals surface area contributed by atoms with Gasteiger partial charge in [-0.3, -0.25) is 20.3 Å². The number of carbonyl (C=O) groups excluding carboxylic acids is 1. The van der Waals surface area contributed by atoms with Gasteiger partial charge in [0.1, 0.15) is 12.0 Å². The first-order valence-corrected chi connectivity index (χ1v) is 14.7. The van der Waals surface area contributed by atoms with Gasteiger partial charge in [0.05, 0.1) is 58.0 Å². The summed E-state index contributed by atoms with van der Waals surface area (Å²) in [5, 5.41) is 15.1. The second kappa shape index (κ2) is 13.9. The summed E-state index contributed by atoms with van der Waals surface area (Å²) in [5.74, 6) is 6.31. The van der Waals surface area contributed by atoms with E-state index in [1.54, 1.807) is 57.4 Å². The van der Waals surface area contributed by atoms with Crippen LogP contribution in [0.25, 0.3) is 0 Å². The van der Waals surface area contributed by atoms with Gasteiger partial charge in [-0.2, -0.15) is 0 Å². The predicted molar refractivity (Wildman–Crippen MR) is 162 cm³/mol. The highest BCUT2D eigenvalue weighted by molar-refractivity contribution is 7.92. The maximum Gasteiger partial charge on any atom is 0.247 e. The number of methoxy groups -OCH3 is 1. The first-order valence-electron chi connectivity index (χ1n) is 12.7. The molecular weight excluding hydrogens is 552 g/mol. The quantitative estimate of drug-likeness (QED) is 0.162. The van der Waals surface area contributed by atoms with Crippen molar-refractivity contribution in [1.82, 2.24) is 15.5 Å². The fourth-order valence-corrected chi connectivity index (χ4v) is 5.31. The minimum absolute atomic E-state index is 0.217. The Morgan fingerprint density at radius 1 is 1.23 bits per heavy atom. The van der Waals surface area contributed by atoms with E-state index in [4.69, 9.17) is 16.3 Å². The number of nitrogens with zero attached hydrogens (tertiary/aromatic N) is 1. The third kappa shape index (κ3) is 7.90.